The molecule has 0 aliphatic heterocycles. The Morgan fingerprint density at radius 3 is 2.33 bits per heavy atom. The number of alkyl halides is 3. The third-order valence-electron chi connectivity index (χ3n) is 2.46. The lowest BCUT2D eigenvalue weighted by molar-refractivity contribution is -0.0429. The molecule has 118 valence electrons. The van der Waals surface area contributed by atoms with Crippen LogP contribution in [0.1, 0.15) is 18.1 Å². The summed E-state index contributed by atoms with van der Waals surface area (Å²) in [5.74, 6) is 0. The molecule has 0 aromatic heterocycles. The van der Waals surface area contributed by atoms with E-state index in [1.807, 2.05) is 0 Å². The van der Waals surface area contributed by atoms with Gasteiger partial charge in [-0.25, -0.2) is 0 Å². The van der Waals surface area contributed by atoms with Crippen molar-refractivity contribution in [1.82, 2.24) is 5.01 Å². The van der Waals surface area contributed by atoms with Crippen LogP contribution in [0.2, 0.25) is 0 Å². The number of benzene rings is 1. The van der Waals surface area contributed by atoms with Gasteiger partial charge in [-0.1, -0.05) is 11.6 Å². The number of halogens is 3. The van der Waals surface area contributed by atoms with Gasteiger partial charge in [0.2, 0.25) is 0 Å². The molecule has 0 aliphatic carbocycles. The molecule has 0 amide bonds. The van der Waals surface area contributed by atoms with Crippen molar-refractivity contribution in [3.8, 4) is 0 Å². The predicted octanol–water partition coefficient (Wildman–Crippen LogP) is 2.54. The first-order valence-electron chi connectivity index (χ1n) is 5.86. The molecule has 0 unspecified atom stereocenters. The summed E-state index contributed by atoms with van der Waals surface area (Å²) in [5.41, 5.74) is -4.09. The van der Waals surface area contributed by atoms with E-state index in [9.17, 15) is 21.6 Å². The van der Waals surface area contributed by atoms with Crippen LogP contribution in [0.15, 0.2) is 23.3 Å². The van der Waals surface area contributed by atoms with Gasteiger partial charge in [-0.05, 0) is 26.0 Å². The van der Waals surface area contributed by atoms with Crippen molar-refractivity contribution >= 4 is 21.4 Å². The first-order chi connectivity index (χ1) is 9.44. The molecule has 0 fully saturated rings. The van der Waals surface area contributed by atoms with Gasteiger partial charge < -0.3 is 5.01 Å². The molecule has 1 aromatic carbocycles. The van der Waals surface area contributed by atoms with Crippen LogP contribution < -0.4 is 4.72 Å². The molecule has 0 saturated heterocycles. The number of hydrazone groups is 1. The highest BCUT2D eigenvalue weighted by Crippen LogP contribution is 2.27. The summed E-state index contributed by atoms with van der Waals surface area (Å²) < 4.78 is 61.3. The summed E-state index contributed by atoms with van der Waals surface area (Å²) in [6.07, 6.45) is 0. The fraction of sp³-hybridized carbons (Fsp3) is 0.417. The molecule has 1 N–H and O–H groups in total. The van der Waals surface area contributed by atoms with Crippen LogP contribution in [-0.4, -0.2) is 38.7 Å². The Balaban J connectivity index is 3.33. The number of sulfonamides is 1. The summed E-state index contributed by atoms with van der Waals surface area (Å²) in [7, 11) is -2.16. The smallest absolute Gasteiger partial charge is 0.303 e. The Labute approximate surface area is 121 Å². The summed E-state index contributed by atoms with van der Waals surface area (Å²) >= 11 is 0. The lowest BCUT2D eigenvalue weighted by atomic mass is 10.1. The van der Waals surface area contributed by atoms with E-state index in [1.54, 1.807) is 38.7 Å². The zero-order chi connectivity index (χ0) is 16.4. The average Bonchev–Trinajstić information content (AvgIpc) is 2.28. The van der Waals surface area contributed by atoms with E-state index < -0.39 is 15.5 Å². The maximum atomic E-state index is 12.5. The summed E-state index contributed by atoms with van der Waals surface area (Å²) in [5, 5.41) is 5.55. The van der Waals surface area contributed by atoms with Gasteiger partial charge in [-0.15, -0.1) is 0 Å². The lowest BCUT2D eigenvalue weighted by Gasteiger charge is -2.15. The van der Waals surface area contributed by atoms with Crippen molar-refractivity contribution < 1.29 is 21.6 Å². The van der Waals surface area contributed by atoms with Crippen molar-refractivity contribution in [2.45, 2.75) is 19.4 Å². The largest absolute Gasteiger partial charge is 0.516 e. The Hall–Kier alpha value is -1.77. The molecule has 0 aliphatic rings. The molecular formula is C12H16F3N3O2S. The Morgan fingerprint density at radius 2 is 1.86 bits per heavy atom. The minimum atomic E-state index is -5.47. The molecule has 9 heteroatoms. The molecule has 21 heavy (non-hydrogen) atoms. The van der Waals surface area contributed by atoms with E-state index in [0.29, 0.717) is 5.71 Å². The van der Waals surface area contributed by atoms with Gasteiger partial charge in [0.05, 0.1) is 11.4 Å². The molecule has 0 heterocycles. The fourth-order valence-corrected chi connectivity index (χ4v) is 2.19. The third kappa shape index (κ3) is 4.35. The van der Waals surface area contributed by atoms with Crippen molar-refractivity contribution in [2.75, 3.05) is 18.8 Å². The van der Waals surface area contributed by atoms with Gasteiger partial charge in [0.25, 0.3) is 0 Å². The highest BCUT2D eigenvalue weighted by molar-refractivity contribution is 7.93. The molecule has 0 saturated carbocycles. The second-order valence-electron chi connectivity index (χ2n) is 4.63. The van der Waals surface area contributed by atoms with Gasteiger partial charge in [0.1, 0.15) is 0 Å². The minimum Gasteiger partial charge on any atom is -0.303 e. The van der Waals surface area contributed by atoms with E-state index in [0.717, 1.165) is 5.56 Å². The van der Waals surface area contributed by atoms with E-state index in [1.165, 1.54) is 17.1 Å². The second kappa shape index (κ2) is 5.92. The van der Waals surface area contributed by atoms with Crippen molar-refractivity contribution in [3.63, 3.8) is 0 Å². The summed E-state index contributed by atoms with van der Waals surface area (Å²) in [6, 6.07) is 4.36. The average molecular weight is 323 g/mol. The Bertz CT molecular complexity index is 652. The van der Waals surface area contributed by atoms with Gasteiger partial charge in [-0.3, -0.25) is 4.72 Å². The van der Waals surface area contributed by atoms with Crippen LogP contribution >= 0.6 is 0 Å². The molecule has 5 nitrogen and oxygen atoms in total. The number of nitrogens with one attached hydrogen (secondary N) is 1. The SMILES string of the molecule is C/C(=N\N(C)C)c1cc(C)ccc1NS(=O)(=O)C(F)(F)F. The molecule has 1 aromatic rings. The van der Waals surface area contributed by atoms with Crippen molar-refractivity contribution in [2.24, 2.45) is 5.10 Å². The summed E-state index contributed by atoms with van der Waals surface area (Å²) in [6.45, 7) is 3.33. The normalized spacial score (nSPS) is 13.2. The molecule has 1 rings (SSSR count). The number of nitrogens with zero attached hydrogens (tertiary/aromatic N) is 2. The second-order valence-corrected chi connectivity index (χ2v) is 6.31. The maximum Gasteiger partial charge on any atom is 0.516 e. The Kier molecular flexibility index (Phi) is 4.87. The predicted molar refractivity (Wildman–Crippen MR) is 75.7 cm³/mol. The van der Waals surface area contributed by atoms with E-state index in [2.05, 4.69) is 5.10 Å². The van der Waals surface area contributed by atoms with Crippen LogP contribution in [0.25, 0.3) is 0 Å². The van der Waals surface area contributed by atoms with Gasteiger partial charge in [0, 0.05) is 19.7 Å². The maximum absolute atomic E-state index is 12.5. The number of anilines is 1. The van der Waals surface area contributed by atoms with E-state index in [-0.39, 0.29) is 11.3 Å². The van der Waals surface area contributed by atoms with Crippen molar-refractivity contribution in [3.05, 3.63) is 29.3 Å². The van der Waals surface area contributed by atoms with Gasteiger partial charge in [-0.2, -0.15) is 26.7 Å². The van der Waals surface area contributed by atoms with E-state index in [4.69, 9.17) is 0 Å². The topological polar surface area (TPSA) is 61.8 Å². The number of rotatable bonds is 4. The number of hydrogen-bond acceptors (Lipinski definition) is 4. The van der Waals surface area contributed by atoms with Crippen LogP contribution in [0.3, 0.4) is 0 Å². The first kappa shape index (κ1) is 17.3. The van der Waals surface area contributed by atoms with Crippen LogP contribution in [0, 0.1) is 6.92 Å². The first-order valence-corrected chi connectivity index (χ1v) is 7.35. The van der Waals surface area contributed by atoms with Crippen molar-refractivity contribution in [1.29, 1.82) is 0 Å². The van der Waals surface area contributed by atoms with Gasteiger partial charge >= 0.3 is 15.5 Å². The van der Waals surface area contributed by atoms with Crippen LogP contribution in [0.5, 0.6) is 0 Å². The minimum absolute atomic E-state index is 0.166. The summed E-state index contributed by atoms with van der Waals surface area (Å²) in [4.78, 5) is 0. The zero-order valence-corrected chi connectivity index (χ0v) is 12.8. The molecule has 0 radical (unpaired) electrons. The standard InChI is InChI=1S/C12H16F3N3O2S/c1-8-5-6-11(17-21(19,20)12(13,14)15)10(7-8)9(2)16-18(3)4/h5-7,17H,1-4H3/b16-9+. The monoisotopic (exact) mass is 323 g/mol. The lowest BCUT2D eigenvalue weighted by Crippen LogP contribution is -2.30. The third-order valence-corrected chi connectivity index (χ3v) is 3.56. The van der Waals surface area contributed by atoms with Gasteiger partial charge in [0.15, 0.2) is 0 Å². The molecule has 0 spiro atoms. The molecule has 0 atom stereocenters. The highest BCUT2D eigenvalue weighted by Gasteiger charge is 2.46. The van der Waals surface area contributed by atoms with E-state index >= 15 is 0 Å². The van der Waals surface area contributed by atoms with Crippen LogP contribution in [-0.2, 0) is 10.0 Å². The highest BCUT2D eigenvalue weighted by atomic mass is 32.2. The Morgan fingerprint density at radius 1 is 1.29 bits per heavy atom. The quantitative estimate of drug-likeness (QED) is 0.684. The fourth-order valence-electron chi connectivity index (χ4n) is 1.60. The van der Waals surface area contributed by atoms with Crippen LogP contribution in [0.4, 0.5) is 18.9 Å². The number of aryl methyl sites for hydroxylation is 1. The molecule has 0 bridgehead atoms. The zero-order valence-electron chi connectivity index (χ0n) is 12.0. The number of hydrogen-bond donors (Lipinski definition) is 1. The molecular weight excluding hydrogens is 307 g/mol.